The van der Waals surface area contributed by atoms with E-state index in [1.165, 1.54) is 10.8 Å². The summed E-state index contributed by atoms with van der Waals surface area (Å²) in [4.78, 5) is 0. The van der Waals surface area contributed by atoms with Crippen LogP contribution < -0.4 is 15.4 Å². The quantitative estimate of drug-likeness (QED) is 0.666. The molecule has 4 heteroatoms. The lowest BCUT2D eigenvalue weighted by molar-refractivity contribution is 0.370. The number of phenols is 1. The van der Waals surface area contributed by atoms with Crippen molar-refractivity contribution in [2.24, 2.45) is 0 Å². The minimum Gasteiger partial charge on any atom is -0.504 e. The van der Waals surface area contributed by atoms with Crippen LogP contribution in [0.5, 0.6) is 11.5 Å². The fourth-order valence-electron chi connectivity index (χ4n) is 3.02. The molecule has 22 heavy (non-hydrogen) atoms. The fraction of sp³-hybridized carbons (Fsp3) is 0.111. The zero-order valence-corrected chi connectivity index (χ0v) is 12.1. The van der Waals surface area contributed by atoms with Crippen molar-refractivity contribution < 1.29 is 9.84 Å². The lowest BCUT2D eigenvalue weighted by atomic mass is 10.0. The molecule has 0 bridgehead atoms. The molecule has 0 fully saturated rings. The van der Waals surface area contributed by atoms with E-state index in [9.17, 15) is 5.11 Å². The summed E-state index contributed by atoms with van der Waals surface area (Å²) in [5, 5.41) is 19.6. The zero-order valence-electron chi connectivity index (χ0n) is 12.1. The van der Waals surface area contributed by atoms with Gasteiger partial charge in [0.05, 0.1) is 7.11 Å². The van der Waals surface area contributed by atoms with E-state index in [1.54, 1.807) is 13.2 Å². The predicted molar refractivity (Wildman–Crippen MR) is 88.6 cm³/mol. The van der Waals surface area contributed by atoms with E-state index in [0.717, 1.165) is 16.9 Å². The van der Waals surface area contributed by atoms with Gasteiger partial charge in [0, 0.05) is 22.3 Å². The van der Waals surface area contributed by atoms with Gasteiger partial charge in [-0.25, -0.2) is 0 Å². The predicted octanol–water partition coefficient (Wildman–Crippen LogP) is 4.09. The Morgan fingerprint density at radius 3 is 2.18 bits per heavy atom. The number of ether oxygens (including phenoxy) is 1. The van der Waals surface area contributed by atoms with Crippen molar-refractivity contribution >= 4 is 22.1 Å². The van der Waals surface area contributed by atoms with Gasteiger partial charge in [0.15, 0.2) is 11.5 Å². The molecule has 0 unspecified atom stereocenters. The number of rotatable bonds is 2. The summed E-state index contributed by atoms with van der Waals surface area (Å²) in [5.41, 5.74) is 2.86. The molecule has 3 N–H and O–H groups in total. The van der Waals surface area contributed by atoms with Gasteiger partial charge in [0.2, 0.25) is 0 Å². The number of para-hydroxylation sites is 1. The van der Waals surface area contributed by atoms with Gasteiger partial charge in [-0.2, -0.15) is 0 Å². The Kier molecular flexibility index (Phi) is 2.82. The second-order valence-electron chi connectivity index (χ2n) is 5.33. The number of aromatic hydroxyl groups is 1. The Morgan fingerprint density at radius 2 is 1.55 bits per heavy atom. The number of phenolic OH excluding ortho intramolecular Hbond substituents is 1. The highest BCUT2D eigenvalue weighted by atomic mass is 16.5. The summed E-state index contributed by atoms with van der Waals surface area (Å²) in [7, 11) is 1.55. The van der Waals surface area contributed by atoms with E-state index < -0.39 is 0 Å². The van der Waals surface area contributed by atoms with Gasteiger partial charge in [0.25, 0.3) is 0 Å². The third-order valence-corrected chi connectivity index (χ3v) is 4.07. The molecular formula is C18H16N2O2. The van der Waals surface area contributed by atoms with Crippen LogP contribution in [0.4, 0.5) is 11.4 Å². The first-order valence-electron chi connectivity index (χ1n) is 7.18. The van der Waals surface area contributed by atoms with E-state index in [-0.39, 0.29) is 11.9 Å². The van der Waals surface area contributed by atoms with Gasteiger partial charge in [0.1, 0.15) is 6.17 Å². The molecule has 0 radical (unpaired) electrons. The smallest absolute Gasteiger partial charge is 0.164 e. The zero-order chi connectivity index (χ0) is 15.1. The molecule has 1 aliphatic heterocycles. The largest absolute Gasteiger partial charge is 0.504 e. The van der Waals surface area contributed by atoms with Crippen molar-refractivity contribution in [1.29, 1.82) is 0 Å². The number of hydrogen-bond donors (Lipinski definition) is 3. The van der Waals surface area contributed by atoms with Crippen LogP contribution >= 0.6 is 0 Å². The van der Waals surface area contributed by atoms with Crippen molar-refractivity contribution in [2.45, 2.75) is 6.17 Å². The maximum absolute atomic E-state index is 10.4. The lowest BCUT2D eigenvalue weighted by Gasteiger charge is -2.30. The highest BCUT2D eigenvalue weighted by Gasteiger charge is 2.23. The monoisotopic (exact) mass is 292 g/mol. The molecule has 0 saturated carbocycles. The average molecular weight is 292 g/mol. The first-order chi connectivity index (χ1) is 10.8. The second-order valence-corrected chi connectivity index (χ2v) is 5.33. The Morgan fingerprint density at radius 1 is 0.909 bits per heavy atom. The van der Waals surface area contributed by atoms with Crippen molar-refractivity contribution in [3.05, 3.63) is 60.2 Å². The third kappa shape index (κ3) is 1.84. The van der Waals surface area contributed by atoms with Crippen LogP contribution in [0.2, 0.25) is 0 Å². The molecule has 0 saturated heterocycles. The summed E-state index contributed by atoms with van der Waals surface area (Å²) in [5.74, 6) is 0.625. The van der Waals surface area contributed by atoms with Gasteiger partial charge in [-0.05, 0) is 23.6 Å². The summed E-state index contributed by atoms with van der Waals surface area (Å²) in [6, 6.07) is 17.9. The fourth-order valence-corrected chi connectivity index (χ4v) is 3.02. The number of benzene rings is 3. The highest BCUT2D eigenvalue weighted by Crippen LogP contribution is 2.41. The molecule has 0 aliphatic carbocycles. The molecule has 1 heterocycles. The van der Waals surface area contributed by atoms with Crippen LogP contribution in [0.1, 0.15) is 11.7 Å². The van der Waals surface area contributed by atoms with Gasteiger partial charge in [-0.1, -0.05) is 36.4 Å². The highest BCUT2D eigenvalue weighted by molar-refractivity contribution is 6.04. The van der Waals surface area contributed by atoms with E-state index in [0.29, 0.717) is 5.75 Å². The van der Waals surface area contributed by atoms with E-state index in [1.807, 2.05) is 24.3 Å². The molecule has 4 nitrogen and oxygen atoms in total. The molecule has 110 valence electrons. The molecule has 0 atom stereocenters. The van der Waals surface area contributed by atoms with Crippen LogP contribution in [-0.2, 0) is 0 Å². The average Bonchev–Trinajstić information content (AvgIpc) is 2.55. The topological polar surface area (TPSA) is 53.5 Å². The summed E-state index contributed by atoms with van der Waals surface area (Å²) >= 11 is 0. The summed E-state index contributed by atoms with van der Waals surface area (Å²) < 4.78 is 5.20. The second kappa shape index (κ2) is 4.84. The van der Waals surface area contributed by atoms with Crippen molar-refractivity contribution in [2.75, 3.05) is 17.7 Å². The SMILES string of the molecule is COc1cccc(C2Nc3cccc4cccc(c34)N2)c1O. The van der Waals surface area contributed by atoms with Crippen LogP contribution in [0, 0.1) is 0 Å². The van der Waals surface area contributed by atoms with Crippen LogP contribution in [0.15, 0.2) is 54.6 Å². The first kappa shape index (κ1) is 12.8. The molecule has 4 rings (SSSR count). The molecule has 0 spiro atoms. The molecular weight excluding hydrogens is 276 g/mol. The van der Waals surface area contributed by atoms with Gasteiger partial charge < -0.3 is 20.5 Å². The molecule has 1 aliphatic rings. The number of nitrogens with one attached hydrogen (secondary N) is 2. The minimum absolute atomic E-state index is 0.154. The van der Waals surface area contributed by atoms with Crippen LogP contribution in [0.3, 0.4) is 0 Å². The van der Waals surface area contributed by atoms with E-state index >= 15 is 0 Å². The summed E-state index contributed by atoms with van der Waals surface area (Å²) in [6.07, 6.45) is -0.212. The standard InChI is InChI=1S/C18H16N2O2/c1-22-15-10-4-7-12(17(15)21)18-19-13-8-2-5-11-6-3-9-14(20-18)16(11)13/h2-10,18-21H,1H3. The Labute approximate surface area is 128 Å². The molecule has 3 aromatic carbocycles. The Bertz CT molecular complexity index is 820. The maximum Gasteiger partial charge on any atom is 0.164 e. The van der Waals surface area contributed by atoms with Gasteiger partial charge in [-0.15, -0.1) is 0 Å². The van der Waals surface area contributed by atoms with Gasteiger partial charge in [-0.3, -0.25) is 0 Å². The molecule has 0 aromatic heterocycles. The normalized spacial score (nSPS) is 13.5. The summed E-state index contributed by atoms with van der Waals surface area (Å²) in [6.45, 7) is 0. The number of anilines is 2. The maximum atomic E-state index is 10.4. The minimum atomic E-state index is -0.212. The van der Waals surface area contributed by atoms with E-state index in [4.69, 9.17) is 4.74 Å². The van der Waals surface area contributed by atoms with Crippen LogP contribution in [-0.4, -0.2) is 12.2 Å². The first-order valence-corrected chi connectivity index (χ1v) is 7.18. The van der Waals surface area contributed by atoms with E-state index in [2.05, 4.69) is 34.9 Å². The number of methoxy groups -OCH3 is 1. The van der Waals surface area contributed by atoms with Crippen molar-refractivity contribution in [3.63, 3.8) is 0 Å². The van der Waals surface area contributed by atoms with Gasteiger partial charge >= 0.3 is 0 Å². The Balaban J connectivity index is 1.82. The van der Waals surface area contributed by atoms with Crippen molar-refractivity contribution in [1.82, 2.24) is 0 Å². The molecule has 0 amide bonds. The van der Waals surface area contributed by atoms with Crippen molar-refractivity contribution in [3.8, 4) is 11.5 Å². The Hall–Kier alpha value is -2.88. The number of hydrogen-bond acceptors (Lipinski definition) is 4. The third-order valence-electron chi connectivity index (χ3n) is 4.07. The lowest BCUT2D eigenvalue weighted by Crippen LogP contribution is -2.23. The molecule has 3 aromatic rings. The van der Waals surface area contributed by atoms with Crippen LogP contribution in [0.25, 0.3) is 10.8 Å².